The molecule has 3 heteroatoms. The molecule has 84 valence electrons. The summed E-state index contributed by atoms with van der Waals surface area (Å²) in [7, 11) is 0. The molecule has 1 aromatic rings. The summed E-state index contributed by atoms with van der Waals surface area (Å²) in [6.07, 6.45) is 2.68. The van der Waals surface area contributed by atoms with Crippen molar-refractivity contribution in [3.8, 4) is 0 Å². The van der Waals surface area contributed by atoms with Crippen molar-refractivity contribution < 1.29 is 0 Å². The zero-order valence-corrected chi connectivity index (χ0v) is 10.2. The first-order valence-corrected chi connectivity index (χ1v) is 5.93. The average Bonchev–Trinajstić information content (AvgIpc) is 2.92. The maximum Gasteiger partial charge on any atom is 0.0644 e. The molecule has 0 amide bonds. The van der Waals surface area contributed by atoms with Gasteiger partial charge in [0.2, 0.25) is 0 Å². The number of aryl methyl sites for hydroxylation is 2. The van der Waals surface area contributed by atoms with Crippen LogP contribution in [0.5, 0.6) is 0 Å². The van der Waals surface area contributed by atoms with Crippen LogP contribution in [-0.4, -0.2) is 15.8 Å². The molecule has 3 nitrogen and oxygen atoms in total. The van der Waals surface area contributed by atoms with Crippen LogP contribution in [0.3, 0.4) is 0 Å². The molecule has 15 heavy (non-hydrogen) atoms. The Kier molecular flexibility index (Phi) is 2.83. The molecule has 1 heterocycles. The monoisotopic (exact) mass is 207 g/mol. The molecule has 1 aromatic heterocycles. The van der Waals surface area contributed by atoms with Crippen LogP contribution in [0.4, 0.5) is 0 Å². The molecule has 2 rings (SSSR count). The summed E-state index contributed by atoms with van der Waals surface area (Å²) in [5.41, 5.74) is 3.88. The lowest BCUT2D eigenvalue weighted by Gasteiger charge is -2.14. The van der Waals surface area contributed by atoms with E-state index in [1.54, 1.807) is 0 Å². The Hall–Kier alpha value is -0.830. The number of hydrogen-bond donors (Lipinski definition) is 1. The van der Waals surface area contributed by atoms with Crippen molar-refractivity contribution in [1.82, 2.24) is 15.1 Å². The maximum atomic E-state index is 4.55. The van der Waals surface area contributed by atoms with Crippen LogP contribution in [0.2, 0.25) is 0 Å². The summed E-state index contributed by atoms with van der Waals surface area (Å²) in [5, 5.41) is 8.19. The molecule has 0 aliphatic heterocycles. The first-order chi connectivity index (χ1) is 7.13. The Morgan fingerprint density at radius 3 is 2.60 bits per heavy atom. The first-order valence-electron chi connectivity index (χ1n) is 5.93. The highest BCUT2D eigenvalue weighted by atomic mass is 15.3. The van der Waals surface area contributed by atoms with Crippen LogP contribution in [0, 0.1) is 13.8 Å². The molecular formula is C12H21N3. The van der Waals surface area contributed by atoms with Gasteiger partial charge in [0.25, 0.3) is 0 Å². The van der Waals surface area contributed by atoms with Gasteiger partial charge in [0.05, 0.1) is 5.69 Å². The van der Waals surface area contributed by atoms with Gasteiger partial charge in [-0.05, 0) is 40.5 Å². The zero-order chi connectivity index (χ0) is 11.0. The summed E-state index contributed by atoms with van der Waals surface area (Å²) in [5.74, 6) is 0. The van der Waals surface area contributed by atoms with Crippen molar-refractivity contribution in [2.75, 3.05) is 0 Å². The van der Waals surface area contributed by atoms with Crippen molar-refractivity contribution in [2.45, 2.75) is 59.2 Å². The molecule has 1 atom stereocenters. The summed E-state index contributed by atoms with van der Waals surface area (Å²) in [6, 6.07) is 1.20. The molecule has 1 aliphatic rings. The number of nitrogens with one attached hydrogen (secondary N) is 1. The smallest absolute Gasteiger partial charge is 0.0644 e. The van der Waals surface area contributed by atoms with Crippen LogP contribution < -0.4 is 5.32 Å². The van der Waals surface area contributed by atoms with E-state index in [0.717, 1.165) is 12.6 Å². The highest BCUT2D eigenvalue weighted by molar-refractivity contribution is 5.28. The van der Waals surface area contributed by atoms with Crippen molar-refractivity contribution in [1.29, 1.82) is 0 Å². The Morgan fingerprint density at radius 2 is 2.13 bits per heavy atom. The van der Waals surface area contributed by atoms with Crippen molar-refractivity contribution >= 4 is 0 Å². The lowest BCUT2D eigenvalue weighted by atomic mass is 10.1. The Labute approximate surface area is 91.9 Å². The van der Waals surface area contributed by atoms with E-state index in [0.29, 0.717) is 6.04 Å². The van der Waals surface area contributed by atoms with Gasteiger partial charge in [0, 0.05) is 29.9 Å². The van der Waals surface area contributed by atoms with E-state index in [9.17, 15) is 0 Å². The number of nitrogens with zero attached hydrogens (tertiary/aromatic N) is 2. The molecule has 0 radical (unpaired) electrons. The van der Waals surface area contributed by atoms with E-state index < -0.39 is 0 Å². The van der Waals surface area contributed by atoms with Gasteiger partial charge in [-0.3, -0.25) is 4.68 Å². The summed E-state index contributed by atoms with van der Waals surface area (Å²) in [4.78, 5) is 0. The third-order valence-electron chi connectivity index (χ3n) is 3.23. The van der Waals surface area contributed by atoms with Crippen LogP contribution >= 0.6 is 0 Å². The van der Waals surface area contributed by atoms with Crippen molar-refractivity contribution in [3.63, 3.8) is 0 Å². The molecule has 1 unspecified atom stereocenters. The SMILES string of the molecule is CCn1nc(C)c(C(C)NC2CC2)c1C. The van der Waals surface area contributed by atoms with Gasteiger partial charge in [-0.15, -0.1) is 0 Å². The van der Waals surface area contributed by atoms with Crippen LogP contribution in [0.25, 0.3) is 0 Å². The molecule has 0 spiro atoms. The minimum atomic E-state index is 0.442. The fraction of sp³-hybridized carbons (Fsp3) is 0.750. The lowest BCUT2D eigenvalue weighted by Crippen LogP contribution is -2.21. The molecule has 0 aromatic carbocycles. The number of rotatable bonds is 4. The molecule has 0 saturated heterocycles. The fourth-order valence-corrected chi connectivity index (χ4v) is 2.33. The lowest BCUT2D eigenvalue weighted by molar-refractivity contribution is 0.563. The van der Waals surface area contributed by atoms with Crippen LogP contribution in [0.1, 0.15) is 49.7 Å². The first kappa shape index (κ1) is 10.7. The third-order valence-corrected chi connectivity index (χ3v) is 3.23. The van der Waals surface area contributed by atoms with Gasteiger partial charge in [0.1, 0.15) is 0 Å². The number of aromatic nitrogens is 2. The normalized spacial score (nSPS) is 18.1. The molecule has 0 bridgehead atoms. The van der Waals surface area contributed by atoms with Gasteiger partial charge in [0.15, 0.2) is 0 Å². The second-order valence-corrected chi connectivity index (χ2v) is 4.56. The van der Waals surface area contributed by atoms with E-state index in [1.165, 1.54) is 29.8 Å². The molecular weight excluding hydrogens is 186 g/mol. The molecule has 1 aliphatic carbocycles. The van der Waals surface area contributed by atoms with Crippen LogP contribution in [-0.2, 0) is 6.54 Å². The number of hydrogen-bond acceptors (Lipinski definition) is 2. The second-order valence-electron chi connectivity index (χ2n) is 4.56. The van der Waals surface area contributed by atoms with Gasteiger partial charge in [-0.1, -0.05) is 0 Å². The molecule has 1 fully saturated rings. The van der Waals surface area contributed by atoms with E-state index in [4.69, 9.17) is 0 Å². The summed E-state index contributed by atoms with van der Waals surface area (Å²) in [6.45, 7) is 9.63. The standard InChI is InChI=1S/C12H21N3/c1-5-15-10(4)12(9(3)14-15)8(2)13-11-6-7-11/h8,11,13H,5-7H2,1-4H3. The summed E-state index contributed by atoms with van der Waals surface area (Å²) >= 11 is 0. The van der Waals surface area contributed by atoms with Crippen molar-refractivity contribution in [2.24, 2.45) is 0 Å². The van der Waals surface area contributed by atoms with E-state index in [1.807, 2.05) is 0 Å². The minimum absolute atomic E-state index is 0.442. The minimum Gasteiger partial charge on any atom is -0.307 e. The average molecular weight is 207 g/mol. The van der Waals surface area contributed by atoms with E-state index in [2.05, 4.69) is 42.8 Å². The summed E-state index contributed by atoms with van der Waals surface area (Å²) < 4.78 is 2.09. The Morgan fingerprint density at radius 1 is 1.47 bits per heavy atom. The highest BCUT2D eigenvalue weighted by Crippen LogP contribution is 2.27. The predicted molar refractivity (Wildman–Crippen MR) is 61.9 cm³/mol. The van der Waals surface area contributed by atoms with E-state index in [-0.39, 0.29) is 0 Å². The van der Waals surface area contributed by atoms with Gasteiger partial charge < -0.3 is 5.32 Å². The third kappa shape index (κ3) is 2.07. The highest BCUT2D eigenvalue weighted by Gasteiger charge is 2.25. The van der Waals surface area contributed by atoms with Gasteiger partial charge in [-0.2, -0.15) is 5.10 Å². The van der Waals surface area contributed by atoms with Gasteiger partial charge in [-0.25, -0.2) is 0 Å². The molecule has 1 saturated carbocycles. The molecule has 1 N–H and O–H groups in total. The Balaban J connectivity index is 2.20. The Bertz CT molecular complexity index is 350. The quantitative estimate of drug-likeness (QED) is 0.821. The predicted octanol–water partition coefficient (Wildman–Crippen LogP) is 2.33. The maximum absolute atomic E-state index is 4.55. The fourth-order valence-electron chi connectivity index (χ4n) is 2.33. The topological polar surface area (TPSA) is 29.9 Å². The second kappa shape index (κ2) is 3.97. The van der Waals surface area contributed by atoms with E-state index >= 15 is 0 Å². The van der Waals surface area contributed by atoms with Crippen LogP contribution in [0.15, 0.2) is 0 Å². The van der Waals surface area contributed by atoms with Crippen molar-refractivity contribution in [3.05, 3.63) is 17.0 Å². The zero-order valence-electron chi connectivity index (χ0n) is 10.2. The largest absolute Gasteiger partial charge is 0.307 e. The van der Waals surface area contributed by atoms with Gasteiger partial charge >= 0.3 is 0 Å².